The Morgan fingerprint density at radius 2 is 1.97 bits per heavy atom. The fourth-order valence-corrected chi connectivity index (χ4v) is 2.96. The number of nitrogens with zero attached hydrogens (tertiary/aromatic N) is 2. The van der Waals surface area contributed by atoms with Gasteiger partial charge in [-0.15, -0.1) is 0 Å². The van der Waals surface area contributed by atoms with Crippen molar-refractivity contribution < 1.29 is 22.9 Å². The van der Waals surface area contributed by atoms with Gasteiger partial charge >= 0.3 is 0 Å². The number of hydrogen-bond donors (Lipinski definition) is 2. The van der Waals surface area contributed by atoms with Crippen LogP contribution < -0.4 is 15.4 Å². The molecular formula is C18H18N4O6S. The fraction of sp³-hybridized carbons (Fsp3) is 0.222. The zero-order valence-electron chi connectivity index (χ0n) is 15.4. The number of rotatable bonds is 9. The molecule has 0 aromatic heterocycles. The minimum Gasteiger partial charge on any atom is -0.482 e. The number of nitriles is 1. The van der Waals surface area contributed by atoms with Gasteiger partial charge in [0, 0.05) is 25.4 Å². The second-order valence-corrected chi connectivity index (χ2v) is 7.90. The Balaban J connectivity index is 1.86. The first-order valence-electron chi connectivity index (χ1n) is 8.33. The summed E-state index contributed by atoms with van der Waals surface area (Å²) < 4.78 is 28.4. The van der Waals surface area contributed by atoms with E-state index in [0.717, 1.165) is 12.3 Å². The van der Waals surface area contributed by atoms with Gasteiger partial charge in [0.15, 0.2) is 16.4 Å². The lowest BCUT2D eigenvalue weighted by Gasteiger charge is -2.10. The summed E-state index contributed by atoms with van der Waals surface area (Å²) in [6.07, 6.45) is 0.964. The first-order valence-corrected chi connectivity index (χ1v) is 10.2. The molecule has 2 aromatic carbocycles. The van der Waals surface area contributed by atoms with Crippen LogP contribution in [-0.2, 0) is 14.6 Å². The fourth-order valence-electron chi connectivity index (χ4n) is 2.32. The van der Waals surface area contributed by atoms with E-state index in [0.29, 0.717) is 11.3 Å². The summed E-state index contributed by atoms with van der Waals surface area (Å²) >= 11 is 0. The molecule has 10 nitrogen and oxygen atoms in total. The molecule has 152 valence electrons. The van der Waals surface area contributed by atoms with Crippen molar-refractivity contribution in [2.75, 3.05) is 31.3 Å². The number of benzene rings is 2. The van der Waals surface area contributed by atoms with Crippen molar-refractivity contribution in [2.24, 2.45) is 0 Å². The molecule has 0 spiro atoms. The average Bonchev–Trinajstić information content (AvgIpc) is 2.69. The van der Waals surface area contributed by atoms with Gasteiger partial charge in [0.1, 0.15) is 17.5 Å². The smallest absolute Gasteiger partial charge is 0.293 e. The summed E-state index contributed by atoms with van der Waals surface area (Å²) in [6.45, 7) is 0.0224. The van der Waals surface area contributed by atoms with E-state index in [-0.39, 0.29) is 36.0 Å². The number of ether oxygens (including phenoxy) is 1. The number of amides is 1. The maximum atomic E-state index is 11.8. The molecule has 0 unspecified atom stereocenters. The Labute approximate surface area is 167 Å². The Kier molecular flexibility index (Phi) is 7.10. The Hall–Kier alpha value is -3.65. The Morgan fingerprint density at radius 3 is 2.62 bits per heavy atom. The first-order chi connectivity index (χ1) is 13.7. The van der Waals surface area contributed by atoms with Gasteiger partial charge in [-0.3, -0.25) is 14.9 Å². The zero-order valence-corrected chi connectivity index (χ0v) is 16.2. The van der Waals surface area contributed by atoms with Crippen LogP contribution in [0, 0.1) is 21.4 Å². The summed E-state index contributed by atoms with van der Waals surface area (Å²) in [6, 6.07) is 12.0. The minimum atomic E-state index is -3.57. The van der Waals surface area contributed by atoms with Gasteiger partial charge in [-0.05, 0) is 24.3 Å². The van der Waals surface area contributed by atoms with Gasteiger partial charge in [0.2, 0.25) is 0 Å². The van der Waals surface area contributed by atoms with Crippen molar-refractivity contribution in [1.29, 1.82) is 5.26 Å². The van der Waals surface area contributed by atoms with Crippen molar-refractivity contribution in [3.8, 4) is 11.8 Å². The monoisotopic (exact) mass is 418 g/mol. The molecule has 0 bridgehead atoms. The van der Waals surface area contributed by atoms with Crippen LogP contribution >= 0.6 is 0 Å². The average molecular weight is 418 g/mol. The van der Waals surface area contributed by atoms with E-state index in [9.17, 15) is 23.3 Å². The molecule has 0 radical (unpaired) electrons. The summed E-state index contributed by atoms with van der Waals surface area (Å²) in [5.74, 6) is -0.133. The molecule has 0 saturated carbocycles. The number of sulfone groups is 1. The van der Waals surface area contributed by atoms with Crippen LogP contribution in [-0.4, -0.2) is 45.2 Å². The van der Waals surface area contributed by atoms with Crippen molar-refractivity contribution in [1.82, 2.24) is 5.32 Å². The van der Waals surface area contributed by atoms with Crippen LogP contribution in [0.5, 0.6) is 5.75 Å². The van der Waals surface area contributed by atoms with Crippen LogP contribution in [0.4, 0.5) is 11.4 Å². The van der Waals surface area contributed by atoms with Gasteiger partial charge in [-0.2, -0.15) is 5.26 Å². The number of carbonyl (C=O) groups is 1. The van der Waals surface area contributed by atoms with E-state index >= 15 is 0 Å². The third kappa shape index (κ3) is 6.18. The predicted octanol–water partition coefficient (Wildman–Crippen LogP) is 1.48. The molecule has 0 aliphatic carbocycles. The number of nitrogens with one attached hydrogen (secondary N) is 2. The lowest BCUT2D eigenvalue weighted by atomic mass is 10.2. The van der Waals surface area contributed by atoms with Crippen LogP contribution in [0.25, 0.3) is 0 Å². The Morgan fingerprint density at radius 1 is 1.24 bits per heavy atom. The molecule has 0 aliphatic heterocycles. The van der Waals surface area contributed by atoms with Gasteiger partial charge in [-0.25, -0.2) is 8.42 Å². The second kappa shape index (κ2) is 9.52. The third-order valence-electron chi connectivity index (χ3n) is 3.72. The largest absolute Gasteiger partial charge is 0.482 e. The van der Waals surface area contributed by atoms with Crippen LogP contribution in [0.2, 0.25) is 0 Å². The molecule has 2 N–H and O–H groups in total. The molecule has 1 amide bonds. The second-order valence-electron chi connectivity index (χ2n) is 5.88. The molecular weight excluding hydrogens is 400 g/mol. The van der Waals surface area contributed by atoms with Crippen LogP contribution in [0.1, 0.15) is 5.56 Å². The van der Waals surface area contributed by atoms with Crippen molar-refractivity contribution in [3.05, 3.63) is 58.1 Å². The topological polar surface area (TPSA) is 151 Å². The van der Waals surface area contributed by atoms with E-state index < -0.39 is 20.7 Å². The molecule has 0 heterocycles. The van der Waals surface area contributed by atoms with Gasteiger partial charge in [0.25, 0.3) is 11.6 Å². The SMILES string of the molecule is CS(=O)(=O)c1ccc(NCCNC(=O)COc2ccccc2C#N)c([N+](=O)[O-])c1. The summed E-state index contributed by atoms with van der Waals surface area (Å²) in [5.41, 5.74) is 0.0679. The predicted molar refractivity (Wildman–Crippen MR) is 104 cm³/mol. The highest BCUT2D eigenvalue weighted by Crippen LogP contribution is 2.27. The number of para-hydroxylation sites is 1. The molecule has 0 saturated heterocycles. The number of anilines is 1. The maximum absolute atomic E-state index is 11.8. The van der Waals surface area contributed by atoms with E-state index in [4.69, 9.17) is 10.00 Å². The molecule has 11 heteroatoms. The number of carbonyl (C=O) groups excluding carboxylic acids is 1. The molecule has 0 atom stereocenters. The lowest BCUT2D eigenvalue weighted by Crippen LogP contribution is -2.32. The quantitative estimate of drug-likeness (QED) is 0.353. The van der Waals surface area contributed by atoms with Crippen molar-refractivity contribution in [2.45, 2.75) is 4.90 Å². The standard InChI is InChI=1S/C18H18N4O6S/c1-29(26,27)14-6-7-15(16(10-14)22(24)25)20-8-9-21-18(23)12-28-17-5-3-2-4-13(17)11-19/h2-7,10,20H,8-9,12H2,1H3,(H,21,23). The number of nitro benzene ring substituents is 1. The van der Waals surface area contributed by atoms with Crippen molar-refractivity contribution >= 4 is 27.1 Å². The lowest BCUT2D eigenvalue weighted by molar-refractivity contribution is -0.384. The molecule has 29 heavy (non-hydrogen) atoms. The number of hydrogen-bond acceptors (Lipinski definition) is 8. The van der Waals surface area contributed by atoms with E-state index in [2.05, 4.69) is 10.6 Å². The highest BCUT2D eigenvalue weighted by atomic mass is 32.2. The van der Waals surface area contributed by atoms with Crippen LogP contribution in [0.3, 0.4) is 0 Å². The van der Waals surface area contributed by atoms with E-state index in [1.54, 1.807) is 24.3 Å². The van der Waals surface area contributed by atoms with Gasteiger partial charge in [-0.1, -0.05) is 12.1 Å². The van der Waals surface area contributed by atoms with E-state index in [1.807, 2.05) is 6.07 Å². The highest BCUT2D eigenvalue weighted by Gasteiger charge is 2.18. The highest BCUT2D eigenvalue weighted by molar-refractivity contribution is 7.90. The molecule has 2 rings (SSSR count). The van der Waals surface area contributed by atoms with Crippen molar-refractivity contribution in [3.63, 3.8) is 0 Å². The minimum absolute atomic E-state index is 0.135. The summed E-state index contributed by atoms with van der Waals surface area (Å²) in [7, 11) is -3.57. The molecule has 2 aromatic rings. The third-order valence-corrected chi connectivity index (χ3v) is 4.83. The molecule has 0 aliphatic rings. The van der Waals surface area contributed by atoms with Gasteiger partial charge in [0.05, 0.1) is 15.4 Å². The summed E-state index contributed by atoms with van der Waals surface area (Å²) in [4.78, 5) is 22.2. The summed E-state index contributed by atoms with van der Waals surface area (Å²) in [5, 5.41) is 25.5. The Bertz CT molecular complexity index is 1060. The van der Waals surface area contributed by atoms with E-state index in [1.165, 1.54) is 12.1 Å². The van der Waals surface area contributed by atoms with Gasteiger partial charge < -0.3 is 15.4 Å². The molecule has 0 fully saturated rings. The van der Waals surface area contributed by atoms with Crippen LogP contribution in [0.15, 0.2) is 47.4 Å². The first kappa shape index (κ1) is 21.6. The maximum Gasteiger partial charge on any atom is 0.293 e. The zero-order chi connectivity index (χ0) is 21.4. The normalized spacial score (nSPS) is 10.6. The number of nitro groups is 1.